The molecule has 1 heterocycles. The standard InChI is InChI=1S/C17H24F2N2/c1-2-14-11-20-17(8-4-3-5-9-17)12-21(14)16-7-6-13(18)10-15(16)19/h6-7,10,14,20H,2-5,8-9,11-12H2,1H3. The minimum absolute atomic E-state index is 0.116. The lowest BCUT2D eigenvalue weighted by Crippen LogP contribution is -2.65. The lowest BCUT2D eigenvalue weighted by molar-refractivity contribution is 0.195. The molecule has 1 unspecified atom stereocenters. The molecular formula is C17H24F2N2. The molecule has 0 amide bonds. The third-order valence-electron chi connectivity index (χ3n) is 5.13. The maximum Gasteiger partial charge on any atom is 0.149 e. The van der Waals surface area contributed by atoms with E-state index in [9.17, 15) is 8.78 Å². The minimum Gasteiger partial charge on any atom is -0.363 e. The minimum atomic E-state index is -0.508. The first kappa shape index (κ1) is 14.8. The van der Waals surface area contributed by atoms with Crippen LogP contribution in [0.1, 0.15) is 45.4 Å². The van der Waals surface area contributed by atoms with Gasteiger partial charge in [0.05, 0.1) is 5.69 Å². The number of piperazine rings is 1. The summed E-state index contributed by atoms with van der Waals surface area (Å²) in [6, 6.07) is 4.23. The van der Waals surface area contributed by atoms with Crippen molar-refractivity contribution in [2.45, 2.75) is 57.0 Å². The number of halogens is 2. The summed E-state index contributed by atoms with van der Waals surface area (Å²) in [6.07, 6.45) is 7.05. The first-order valence-electron chi connectivity index (χ1n) is 8.10. The van der Waals surface area contributed by atoms with E-state index in [4.69, 9.17) is 0 Å². The number of rotatable bonds is 2. The Morgan fingerprint density at radius 3 is 2.67 bits per heavy atom. The second-order valence-electron chi connectivity index (χ2n) is 6.51. The van der Waals surface area contributed by atoms with E-state index in [0.717, 1.165) is 38.4 Å². The summed E-state index contributed by atoms with van der Waals surface area (Å²) in [4.78, 5) is 2.16. The van der Waals surface area contributed by atoms with E-state index in [0.29, 0.717) is 5.69 Å². The van der Waals surface area contributed by atoms with E-state index in [1.807, 2.05) is 0 Å². The maximum absolute atomic E-state index is 14.2. The molecule has 2 aliphatic rings. The van der Waals surface area contributed by atoms with E-state index in [-0.39, 0.29) is 11.6 Å². The Balaban J connectivity index is 1.88. The Hall–Kier alpha value is -1.16. The van der Waals surface area contributed by atoms with Crippen molar-refractivity contribution in [3.63, 3.8) is 0 Å². The van der Waals surface area contributed by atoms with Crippen molar-refractivity contribution < 1.29 is 8.78 Å². The average molecular weight is 294 g/mol. The zero-order chi connectivity index (χ0) is 14.9. The molecule has 4 heteroatoms. The second kappa shape index (κ2) is 5.91. The second-order valence-corrected chi connectivity index (χ2v) is 6.51. The first-order valence-corrected chi connectivity index (χ1v) is 8.10. The monoisotopic (exact) mass is 294 g/mol. The van der Waals surface area contributed by atoms with Crippen LogP contribution in [0.4, 0.5) is 14.5 Å². The van der Waals surface area contributed by atoms with Crippen LogP contribution in [0.5, 0.6) is 0 Å². The highest BCUT2D eigenvalue weighted by atomic mass is 19.1. The Morgan fingerprint density at radius 1 is 1.24 bits per heavy atom. The first-order chi connectivity index (χ1) is 10.1. The molecule has 1 aliphatic carbocycles. The molecule has 21 heavy (non-hydrogen) atoms. The molecule has 1 spiro atoms. The largest absolute Gasteiger partial charge is 0.363 e. The van der Waals surface area contributed by atoms with Gasteiger partial charge in [0.2, 0.25) is 0 Å². The number of benzene rings is 1. The molecule has 2 nitrogen and oxygen atoms in total. The molecule has 0 bridgehead atoms. The molecule has 1 aliphatic heterocycles. The van der Waals surface area contributed by atoms with Crippen LogP contribution in [-0.2, 0) is 0 Å². The lowest BCUT2D eigenvalue weighted by Gasteiger charge is -2.50. The maximum atomic E-state index is 14.2. The summed E-state index contributed by atoms with van der Waals surface area (Å²) in [6.45, 7) is 3.83. The van der Waals surface area contributed by atoms with Crippen molar-refractivity contribution in [2.24, 2.45) is 0 Å². The molecule has 3 rings (SSSR count). The molecule has 1 aromatic carbocycles. The fraction of sp³-hybridized carbons (Fsp3) is 0.647. The smallest absolute Gasteiger partial charge is 0.149 e. The van der Waals surface area contributed by atoms with Crippen LogP contribution < -0.4 is 10.2 Å². The summed E-state index contributed by atoms with van der Waals surface area (Å²) >= 11 is 0. The Labute approximate surface area is 125 Å². The van der Waals surface area contributed by atoms with Gasteiger partial charge in [0, 0.05) is 30.7 Å². The number of hydrogen-bond acceptors (Lipinski definition) is 2. The van der Waals surface area contributed by atoms with E-state index in [1.54, 1.807) is 6.07 Å². The van der Waals surface area contributed by atoms with Gasteiger partial charge in [0.15, 0.2) is 0 Å². The van der Waals surface area contributed by atoms with Crippen molar-refractivity contribution in [2.75, 3.05) is 18.0 Å². The van der Waals surface area contributed by atoms with Crippen LogP contribution >= 0.6 is 0 Å². The SMILES string of the molecule is CCC1CNC2(CCCCC2)CN1c1ccc(F)cc1F. The van der Waals surface area contributed by atoms with E-state index >= 15 is 0 Å². The summed E-state index contributed by atoms with van der Waals surface area (Å²) < 4.78 is 27.4. The fourth-order valence-electron chi connectivity index (χ4n) is 3.88. The molecule has 116 valence electrons. The van der Waals surface area contributed by atoms with Crippen LogP contribution in [0.2, 0.25) is 0 Å². The van der Waals surface area contributed by atoms with Gasteiger partial charge in [-0.25, -0.2) is 8.78 Å². The van der Waals surface area contributed by atoms with Crippen LogP contribution in [0, 0.1) is 11.6 Å². The Morgan fingerprint density at radius 2 is 2.00 bits per heavy atom. The average Bonchev–Trinajstić information content (AvgIpc) is 2.48. The number of nitrogens with zero attached hydrogens (tertiary/aromatic N) is 1. The van der Waals surface area contributed by atoms with Crippen LogP contribution in [-0.4, -0.2) is 24.7 Å². The third kappa shape index (κ3) is 2.91. The van der Waals surface area contributed by atoms with E-state index in [2.05, 4.69) is 17.1 Å². The van der Waals surface area contributed by atoms with Gasteiger partial charge in [0.25, 0.3) is 0 Å². The van der Waals surface area contributed by atoms with Gasteiger partial charge >= 0.3 is 0 Å². The van der Waals surface area contributed by atoms with Gasteiger partial charge in [-0.2, -0.15) is 0 Å². The van der Waals surface area contributed by atoms with Crippen molar-refractivity contribution in [1.82, 2.24) is 5.32 Å². The summed E-state index contributed by atoms with van der Waals surface area (Å²) in [5, 5.41) is 3.73. The number of nitrogens with one attached hydrogen (secondary N) is 1. The highest BCUT2D eigenvalue weighted by molar-refractivity contribution is 5.50. The van der Waals surface area contributed by atoms with Gasteiger partial charge < -0.3 is 10.2 Å². The van der Waals surface area contributed by atoms with Gasteiger partial charge in [-0.15, -0.1) is 0 Å². The predicted molar refractivity (Wildman–Crippen MR) is 81.6 cm³/mol. The highest BCUT2D eigenvalue weighted by Gasteiger charge is 2.40. The van der Waals surface area contributed by atoms with E-state index in [1.165, 1.54) is 25.3 Å². The van der Waals surface area contributed by atoms with Gasteiger partial charge in [-0.05, 0) is 31.4 Å². The molecule has 1 saturated carbocycles. The molecule has 1 saturated heterocycles. The molecule has 1 N–H and O–H groups in total. The van der Waals surface area contributed by atoms with Crippen molar-refractivity contribution in [1.29, 1.82) is 0 Å². The van der Waals surface area contributed by atoms with Gasteiger partial charge in [-0.3, -0.25) is 0 Å². The zero-order valence-electron chi connectivity index (χ0n) is 12.7. The molecule has 2 fully saturated rings. The van der Waals surface area contributed by atoms with Gasteiger partial charge in [-0.1, -0.05) is 26.2 Å². The Kier molecular flexibility index (Phi) is 4.16. The van der Waals surface area contributed by atoms with E-state index < -0.39 is 11.6 Å². The predicted octanol–water partition coefficient (Wildman–Crippen LogP) is 3.86. The van der Waals surface area contributed by atoms with Crippen LogP contribution in [0.25, 0.3) is 0 Å². The number of hydrogen-bond donors (Lipinski definition) is 1. The highest BCUT2D eigenvalue weighted by Crippen LogP contribution is 2.35. The van der Waals surface area contributed by atoms with Crippen LogP contribution in [0.15, 0.2) is 18.2 Å². The summed E-state index contributed by atoms with van der Waals surface area (Å²) in [5.41, 5.74) is 0.666. The zero-order valence-corrected chi connectivity index (χ0v) is 12.7. The topological polar surface area (TPSA) is 15.3 Å². The lowest BCUT2D eigenvalue weighted by atomic mass is 9.79. The summed E-state index contributed by atoms with van der Waals surface area (Å²) in [7, 11) is 0. The molecular weight excluding hydrogens is 270 g/mol. The molecule has 0 radical (unpaired) electrons. The molecule has 1 aromatic rings. The molecule has 0 aromatic heterocycles. The molecule has 1 atom stereocenters. The third-order valence-corrected chi connectivity index (χ3v) is 5.13. The number of anilines is 1. The fourth-order valence-corrected chi connectivity index (χ4v) is 3.88. The van der Waals surface area contributed by atoms with Crippen molar-refractivity contribution >= 4 is 5.69 Å². The Bertz CT molecular complexity index is 498. The quantitative estimate of drug-likeness (QED) is 0.891. The van der Waals surface area contributed by atoms with Crippen molar-refractivity contribution in [3.8, 4) is 0 Å². The van der Waals surface area contributed by atoms with Crippen LogP contribution in [0.3, 0.4) is 0 Å². The summed E-state index contributed by atoms with van der Waals surface area (Å²) in [5.74, 6) is -0.951. The van der Waals surface area contributed by atoms with Crippen molar-refractivity contribution in [3.05, 3.63) is 29.8 Å². The van der Waals surface area contributed by atoms with Gasteiger partial charge in [0.1, 0.15) is 11.6 Å². The normalized spacial score (nSPS) is 25.3.